The average molecular weight is 487 g/mol. The van der Waals surface area contributed by atoms with Crippen LogP contribution in [0.25, 0.3) is 5.32 Å². The molecule has 92 valence electrons. The molecule has 0 aromatic rings. The van der Waals surface area contributed by atoms with E-state index in [1.807, 2.05) is 0 Å². The summed E-state index contributed by atoms with van der Waals surface area (Å²) < 4.78 is 19.9. The predicted molar refractivity (Wildman–Crippen MR) is 71.4 cm³/mol. The maximum atomic E-state index is 11.5. The third-order valence-electron chi connectivity index (χ3n) is 3.59. The first-order valence-electron chi connectivity index (χ1n) is 6.60. The van der Waals surface area contributed by atoms with Crippen molar-refractivity contribution in [2.45, 2.75) is 25.8 Å². The van der Waals surface area contributed by atoms with Gasteiger partial charge >= 0.3 is 0 Å². The van der Waals surface area contributed by atoms with E-state index in [4.69, 9.17) is 6.80 Å². The van der Waals surface area contributed by atoms with E-state index in [1.54, 1.807) is 6.92 Å². The molecule has 1 aliphatic carbocycles. The third-order valence-corrected chi connectivity index (χ3v) is 4.49. The van der Waals surface area contributed by atoms with E-state index in [0.717, 1.165) is 38.6 Å². The Balaban J connectivity index is 0.00000180. The van der Waals surface area contributed by atoms with Gasteiger partial charge in [0, 0.05) is 61.6 Å². The summed E-state index contributed by atoms with van der Waals surface area (Å²) in [6, 6.07) is 0.438. The van der Waals surface area contributed by atoms with Crippen molar-refractivity contribution in [2.75, 3.05) is 13.2 Å². The molecule has 1 saturated heterocycles. The molecule has 2 fully saturated rings. The van der Waals surface area contributed by atoms with Crippen LogP contribution in [0.4, 0.5) is 0 Å². The summed E-state index contributed by atoms with van der Waals surface area (Å²) in [5.74, 6) is 1.32. The molecule has 2 radical (unpaired) electrons. The van der Waals surface area contributed by atoms with Crippen LogP contribution in [0.15, 0.2) is 0 Å². The number of hydrogen-bond acceptors (Lipinski definition) is 3. The molecule has 3 nitrogen and oxygen atoms in total. The van der Waals surface area contributed by atoms with Crippen LogP contribution < -0.4 is 0 Å². The van der Waals surface area contributed by atoms with E-state index >= 15 is 0 Å². The van der Waals surface area contributed by atoms with Crippen LogP contribution in [-0.2, 0) is 8.98 Å². The van der Waals surface area contributed by atoms with Crippen molar-refractivity contribution in [1.29, 1.82) is 2.61 Å². The van der Waals surface area contributed by atoms with Crippen molar-refractivity contribution < 1.29 is 53.0 Å². The largest absolute Gasteiger partial charge is 0.662 e. The minimum Gasteiger partial charge on any atom is -0.662 e. The van der Waals surface area contributed by atoms with Crippen LogP contribution in [0.1, 0.15) is 19.8 Å². The quantitative estimate of drug-likeness (QED) is 0.239. The zero-order valence-electron chi connectivity index (χ0n) is 11.9. The summed E-state index contributed by atoms with van der Waals surface area (Å²) in [7, 11) is -0.129. The Hall–Kier alpha value is 1.88. The molecule has 17 heavy (non-hydrogen) atoms. The van der Waals surface area contributed by atoms with E-state index in [9.17, 15) is 4.79 Å². The molecule has 0 N–H and O–H groups in total. The monoisotopic (exact) mass is 487 g/mol. The Morgan fingerprint density at radius 3 is 3.18 bits per heavy atom. The molecule has 2 rings (SSSR count). The number of nitrogens with zero attached hydrogens (tertiary/aromatic N) is 1. The van der Waals surface area contributed by atoms with Gasteiger partial charge in [-0.25, -0.2) is 0 Å². The van der Waals surface area contributed by atoms with Crippen molar-refractivity contribution in [1.82, 2.24) is 0 Å². The maximum absolute atomic E-state index is 11.5. The van der Waals surface area contributed by atoms with Crippen LogP contribution in [0, 0.1) is 61.8 Å². The SMILES string of the molecule is [2H]P([B][3H])SOC[C@@H]1C[C@H](C(C)=O)C[C@H]1[C@@H]1C[N-]1.[Ac]. The van der Waals surface area contributed by atoms with Gasteiger partial charge in [-0.1, -0.05) is 13.5 Å². The first kappa shape index (κ1) is 13.8. The number of hydrogen-bond donors (Lipinski definition) is 0. The Morgan fingerprint density at radius 2 is 2.59 bits per heavy atom. The Labute approximate surface area is 149 Å². The van der Waals surface area contributed by atoms with E-state index in [-0.39, 0.29) is 55.8 Å². The Kier molecular flexibility index (Phi) is 6.70. The third kappa shape index (κ3) is 5.05. The zero-order chi connectivity index (χ0) is 13.1. The number of Topliss-reactive ketones (excluding diaryl/α,β-unsaturated/α-hetero) is 1. The predicted octanol–water partition coefficient (Wildman–Crippen LogP) is 2.05. The van der Waals surface area contributed by atoms with E-state index in [0.29, 0.717) is 24.5 Å². The van der Waals surface area contributed by atoms with E-state index in [1.165, 1.54) is 0 Å². The van der Waals surface area contributed by atoms with Crippen LogP contribution >= 0.6 is 19.3 Å². The van der Waals surface area contributed by atoms with Crippen molar-refractivity contribution in [3.63, 3.8) is 0 Å². The molecule has 0 aromatic carbocycles. The minimum absolute atomic E-state index is 0. The number of carbonyl (C=O) groups is 1. The fraction of sp³-hybridized carbons (Fsp3) is 0.900. The fourth-order valence-electron chi connectivity index (χ4n) is 2.63. The molecular formula is C10H17AcBNO2PS-. The average Bonchev–Trinajstić information content (AvgIpc) is 3.10. The summed E-state index contributed by atoms with van der Waals surface area (Å²) in [5, 5.41) is 4.34. The van der Waals surface area contributed by atoms with Crippen LogP contribution in [0.3, 0.4) is 0 Å². The van der Waals surface area contributed by atoms with Gasteiger partial charge in [-0.05, 0) is 27.0 Å². The minimum atomic E-state index is -1.24. The second kappa shape index (κ2) is 8.23. The maximum Gasteiger partial charge on any atom is 0.137 e. The van der Waals surface area contributed by atoms with E-state index in [2.05, 4.69) is 5.32 Å². The van der Waals surface area contributed by atoms with Gasteiger partial charge in [0.15, 0.2) is 0 Å². The van der Waals surface area contributed by atoms with Gasteiger partial charge in [-0.3, -0.25) is 4.79 Å². The van der Waals surface area contributed by atoms with Crippen molar-refractivity contribution in [3.05, 3.63) is 5.32 Å². The molecule has 1 heterocycles. The van der Waals surface area contributed by atoms with Gasteiger partial charge < -0.3 is 9.50 Å². The first-order chi connectivity index (χ1) is 8.61. The molecule has 0 aromatic heterocycles. The molecule has 1 unspecified atom stereocenters. The fourth-order valence-corrected chi connectivity index (χ4v) is 3.29. The second-order valence-electron chi connectivity index (χ2n) is 4.60. The van der Waals surface area contributed by atoms with Gasteiger partial charge in [0.1, 0.15) is 13.3 Å². The molecule has 5 atom stereocenters. The summed E-state index contributed by atoms with van der Waals surface area (Å²) in [6.45, 7) is 3.18. The Bertz CT molecular complexity index is 317. The number of rotatable bonds is 7. The van der Waals surface area contributed by atoms with Crippen molar-refractivity contribution >= 4 is 32.6 Å². The zero-order valence-corrected chi connectivity index (χ0v) is 16.4. The summed E-state index contributed by atoms with van der Waals surface area (Å²) in [5.41, 5.74) is 0. The standard InChI is InChI=1S/C10H17BNO2PS.Ac/c1-6(13)7-2-8(5-14-16-15-11)9(3-7)10-4-12-10;/h7-11,15H,2-5H2,1H3;/q-1;/t7-,8-,9+,10-,15?;/m0./s1/i11T,15D;. The van der Waals surface area contributed by atoms with Crippen LogP contribution in [-0.4, -0.2) is 35.1 Å². The molecule has 1 saturated carbocycles. The van der Waals surface area contributed by atoms with Crippen molar-refractivity contribution in [2.24, 2.45) is 17.8 Å². The molecule has 0 amide bonds. The van der Waals surface area contributed by atoms with Crippen LogP contribution in [0.2, 0.25) is 0 Å². The molecule has 2 aliphatic rings. The van der Waals surface area contributed by atoms with Crippen molar-refractivity contribution in [3.8, 4) is 0 Å². The first-order valence-corrected chi connectivity index (χ1v) is 7.89. The van der Waals surface area contributed by atoms with Gasteiger partial charge in [0.05, 0.1) is 7.89 Å². The topological polar surface area (TPSA) is 40.4 Å². The van der Waals surface area contributed by atoms with E-state index < -0.39 is 7.61 Å². The molecule has 0 bridgehead atoms. The number of ketones is 1. The molecule has 1 aliphatic heterocycles. The smallest absolute Gasteiger partial charge is 0.137 e. The van der Waals surface area contributed by atoms with Gasteiger partial charge in [-0.2, -0.15) is 12.6 Å². The molecule has 0 spiro atoms. The van der Waals surface area contributed by atoms with Gasteiger partial charge in [0.2, 0.25) is 0 Å². The Morgan fingerprint density at radius 1 is 1.82 bits per heavy atom. The summed E-state index contributed by atoms with van der Waals surface area (Å²) in [6.07, 6.45) is 1.84. The molecule has 7 heteroatoms. The van der Waals surface area contributed by atoms with Gasteiger partial charge in [-0.15, -0.1) is 0 Å². The molecular weight excluding hydrogens is 467 g/mol. The second-order valence-corrected chi connectivity index (χ2v) is 6.28. The summed E-state index contributed by atoms with van der Waals surface area (Å²) >= 11 is 1.08. The summed E-state index contributed by atoms with van der Waals surface area (Å²) in [4.78, 5) is 11.5. The van der Waals surface area contributed by atoms with Gasteiger partial charge in [0.25, 0.3) is 0 Å². The number of carbonyl (C=O) groups excluding carboxylic acids is 1. The van der Waals surface area contributed by atoms with Crippen LogP contribution in [0.5, 0.6) is 0 Å². The normalized spacial score (nSPS) is 38.6.